The highest BCUT2D eigenvalue weighted by molar-refractivity contribution is 5.91. The number of benzene rings is 2. The molecular weight excluding hydrogens is 300 g/mol. The van der Waals surface area contributed by atoms with E-state index in [-0.39, 0.29) is 5.56 Å². The second kappa shape index (κ2) is 6.39. The number of anilines is 1. The molecule has 116 valence electrons. The van der Waals surface area contributed by atoms with Crippen molar-refractivity contribution in [2.24, 2.45) is 0 Å². The van der Waals surface area contributed by atoms with Crippen LogP contribution in [-0.2, 0) is 11.2 Å². The van der Waals surface area contributed by atoms with Gasteiger partial charge in [-0.05, 0) is 24.3 Å². The van der Waals surface area contributed by atoms with Gasteiger partial charge < -0.3 is 5.32 Å². The molecule has 3 rings (SSSR count). The van der Waals surface area contributed by atoms with Gasteiger partial charge in [0.25, 0.3) is 0 Å². The first kappa shape index (κ1) is 14.9. The molecule has 0 unspecified atom stereocenters. The lowest BCUT2D eigenvalue weighted by Crippen LogP contribution is -2.16. The Labute approximate surface area is 131 Å². The zero-order valence-corrected chi connectivity index (χ0v) is 12.0. The van der Waals surface area contributed by atoms with Gasteiger partial charge in [0.15, 0.2) is 5.82 Å². The van der Waals surface area contributed by atoms with Gasteiger partial charge in [-0.25, -0.2) is 13.5 Å². The summed E-state index contributed by atoms with van der Waals surface area (Å²) in [7, 11) is 0. The molecule has 0 aliphatic carbocycles. The van der Waals surface area contributed by atoms with Crippen molar-refractivity contribution in [3.8, 4) is 5.69 Å². The van der Waals surface area contributed by atoms with Crippen LogP contribution >= 0.6 is 0 Å². The first-order chi connectivity index (χ1) is 11.1. The molecule has 1 amide bonds. The Balaban J connectivity index is 1.70. The van der Waals surface area contributed by atoms with Crippen molar-refractivity contribution < 1.29 is 13.6 Å². The molecule has 0 radical (unpaired) electrons. The Morgan fingerprint density at radius 1 is 1.00 bits per heavy atom. The molecule has 1 heterocycles. The van der Waals surface area contributed by atoms with Crippen molar-refractivity contribution >= 4 is 11.7 Å². The number of carbonyl (C=O) groups is 1. The maximum atomic E-state index is 13.5. The topological polar surface area (TPSA) is 46.9 Å². The standard InChI is InChI=1S/C17H13F2N3O/c18-14-7-4-8-15(19)13(14)11-17(23)20-16-9-10-22(21-16)12-5-2-1-3-6-12/h1-10H,11H2,(H,20,21,23). The minimum atomic E-state index is -0.741. The molecule has 0 aliphatic rings. The van der Waals surface area contributed by atoms with Crippen molar-refractivity contribution in [2.75, 3.05) is 5.32 Å². The van der Waals surface area contributed by atoms with Gasteiger partial charge in [-0.15, -0.1) is 0 Å². The molecule has 0 saturated carbocycles. The van der Waals surface area contributed by atoms with Crippen molar-refractivity contribution in [1.82, 2.24) is 9.78 Å². The zero-order chi connectivity index (χ0) is 16.2. The van der Waals surface area contributed by atoms with Gasteiger partial charge in [0.2, 0.25) is 5.91 Å². The Bertz CT molecular complexity index is 811. The largest absolute Gasteiger partial charge is 0.309 e. The van der Waals surface area contributed by atoms with Gasteiger partial charge in [-0.1, -0.05) is 24.3 Å². The Kier molecular flexibility index (Phi) is 4.14. The second-order valence-electron chi connectivity index (χ2n) is 4.91. The highest BCUT2D eigenvalue weighted by Gasteiger charge is 2.14. The van der Waals surface area contributed by atoms with E-state index >= 15 is 0 Å². The predicted octanol–water partition coefficient (Wildman–Crippen LogP) is 3.33. The Morgan fingerprint density at radius 2 is 1.70 bits per heavy atom. The van der Waals surface area contributed by atoms with E-state index in [1.807, 2.05) is 30.3 Å². The van der Waals surface area contributed by atoms with E-state index in [2.05, 4.69) is 10.4 Å². The lowest BCUT2D eigenvalue weighted by atomic mass is 10.1. The molecule has 0 saturated heterocycles. The van der Waals surface area contributed by atoms with E-state index in [1.165, 1.54) is 6.07 Å². The lowest BCUT2D eigenvalue weighted by Gasteiger charge is -2.05. The number of nitrogens with one attached hydrogen (secondary N) is 1. The number of nitrogens with zero attached hydrogens (tertiary/aromatic N) is 2. The zero-order valence-electron chi connectivity index (χ0n) is 12.0. The van der Waals surface area contributed by atoms with E-state index in [0.29, 0.717) is 5.82 Å². The van der Waals surface area contributed by atoms with E-state index in [9.17, 15) is 13.6 Å². The molecule has 3 aromatic rings. The Morgan fingerprint density at radius 3 is 2.39 bits per heavy atom. The fourth-order valence-corrected chi connectivity index (χ4v) is 2.16. The fourth-order valence-electron chi connectivity index (χ4n) is 2.16. The number of para-hydroxylation sites is 1. The van der Waals surface area contributed by atoms with E-state index in [0.717, 1.165) is 17.8 Å². The lowest BCUT2D eigenvalue weighted by molar-refractivity contribution is -0.115. The van der Waals surface area contributed by atoms with Crippen molar-refractivity contribution in [3.63, 3.8) is 0 Å². The number of amides is 1. The van der Waals surface area contributed by atoms with Crippen LogP contribution in [0.1, 0.15) is 5.56 Å². The molecule has 2 aromatic carbocycles. The maximum Gasteiger partial charge on any atom is 0.230 e. The summed E-state index contributed by atoms with van der Waals surface area (Å²) >= 11 is 0. The van der Waals surface area contributed by atoms with Gasteiger partial charge in [-0.2, -0.15) is 5.10 Å². The summed E-state index contributed by atoms with van der Waals surface area (Å²) in [4.78, 5) is 11.9. The average Bonchev–Trinajstić information content (AvgIpc) is 3.00. The number of aromatic nitrogens is 2. The molecule has 0 spiro atoms. The van der Waals surface area contributed by atoms with E-state index in [4.69, 9.17) is 0 Å². The number of rotatable bonds is 4. The molecule has 4 nitrogen and oxygen atoms in total. The molecule has 6 heteroatoms. The first-order valence-electron chi connectivity index (χ1n) is 6.97. The highest BCUT2D eigenvalue weighted by Crippen LogP contribution is 2.14. The molecule has 0 bridgehead atoms. The van der Waals surface area contributed by atoms with Crippen molar-refractivity contribution in [2.45, 2.75) is 6.42 Å². The van der Waals surface area contributed by atoms with Crippen LogP contribution in [0.4, 0.5) is 14.6 Å². The first-order valence-corrected chi connectivity index (χ1v) is 6.97. The second-order valence-corrected chi connectivity index (χ2v) is 4.91. The summed E-state index contributed by atoms with van der Waals surface area (Å²) < 4.78 is 28.7. The average molecular weight is 313 g/mol. The number of carbonyl (C=O) groups excluding carboxylic acids is 1. The van der Waals surface area contributed by atoms with Gasteiger partial charge in [0.05, 0.1) is 12.1 Å². The van der Waals surface area contributed by atoms with Crippen LogP contribution in [0.25, 0.3) is 5.69 Å². The van der Waals surface area contributed by atoms with Crippen LogP contribution < -0.4 is 5.32 Å². The third-order valence-electron chi connectivity index (χ3n) is 3.28. The van der Waals surface area contributed by atoms with Crippen LogP contribution in [0, 0.1) is 11.6 Å². The summed E-state index contributed by atoms with van der Waals surface area (Å²) in [6.45, 7) is 0. The minimum absolute atomic E-state index is 0.257. The summed E-state index contributed by atoms with van der Waals surface area (Å²) in [5.41, 5.74) is 0.584. The van der Waals surface area contributed by atoms with Gasteiger partial charge >= 0.3 is 0 Å². The number of hydrogen-bond acceptors (Lipinski definition) is 2. The maximum absolute atomic E-state index is 13.5. The smallest absolute Gasteiger partial charge is 0.230 e. The molecule has 1 N–H and O–H groups in total. The third-order valence-corrected chi connectivity index (χ3v) is 3.28. The quantitative estimate of drug-likeness (QED) is 0.803. The van der Waals surface area contributed by atoms with Crippen LogP contribution in [0.2, 0.25) is 0 Å². The minimum Gasteiger partial charge on any atom is -0.309 e. The molecule has 23 heavy (non-hydrogen) atoms. The normalized spacial score (nSPS) is 10.5. The monoisotopic (exact) mass is 313 g/mol. The molecule has 0 atom stereocenters. The predicted molar refractivity (Wildman–Crippen MR) is 82.3 cm³/mol. The number of halogens is 2. The van der Waals surface area contributed by atoms with Gasteiger partial charge in [0, 0.05) is 17.8 Å². The molecule has 0 aliphatic heterocycles. The van der Waals surface area contributed by atoms with E-state index < -0.39 is 24.0 Å². The highest BCUT2D eigenvalue weighted by atomic mass is 19.1. The fraction of sp³-hybridized carbons (Fsp3) is 0.0588. The summed E-state index contributed by atoms with van der Waals surface area (Å²) in [6, 6.07) is 14.5. The van der Waals surface area contributed by atoms with Crippen LogP contribution in [-0.4, -0.2) is 15.7 Å². The van der Waals surface area contributed by atoms with Crippen LogP contribution in [0.15, 0.2) is 60.8 Å². The summed E-state index contributed by atoms with van der Waals surface area (Å²) in [6.07, 6.45) is 1.30. The Hall–Kier alpha value is -3.02. The SMILES string of the molecule is O=C(Cc1c(F)cccc1F)Nc1ccn(-c2ccccc2)n1. The number of hydrogen-bond donors (Lipinski definition) is 1. The molecule has 0 fully saturated rings. The molecular formula is C17H13F2N3O. The summed E-state index contributed by atoms with van der Waals surface area (Å²) in [5.74, 6) is -1.70. The van der Waals surface area contributed by atoms with Crippen molar-refractivity contribution in [1.29, 1.82) is 0 Å². The third kappa shape index (κ3) is 3.42. The van der Waals surface area contributed by atoms with Crippen LogP contribution in [0.3, 0.4) is 0 Å². The van der Waals surface area contributed by atoms with Crippen LogP contribution in [0.5, 0.6) is 0 Å². The van der Waals surface area contributed by atoms with E-state index in [1.54, 1.807) is 16.9 Å². The van der Waals surface area contributed by atoms with Gasteiger partial charge in [0.1, 0.15) is 11.6 Å². The molecule has 1 aromatic heterocycles. The van der Waals surface area contributed by atoms with Gasteiger partial charge in [-0.3, -0.25) is 4.79 Å². The van der Waals surface area contributed by atoms with Crippen molar-refractivity contribution in [3.05, 3.63) is 78.0 Å². The summed E-state index contributed by atoms with van der Waals surface area (Å²) in [5, 5.41) is 6.73.